The average molecular weight is 628 g/mol. The molecule has 3 N–H and O–H groups in total. The van der Waals surface area contributed by atoms with Crippen molar-refractivity contribution in [1.82, 2.24) is 15.6 Å². The summed E-state index contributed by atoms with van der Waals surface area (Å²) in [5, 5.41) is 18.9. The summed E-state index contributed by atoms with van der Waals surface area (Å²) in [7, 11) is 0. The largest absolute Gasteiger partial charge is 0.460 e. The predicted molar refractivity (Wildman–Crippen MR) is 159 cm³/mol. The SMILES string of the molecule is CC(C)(C)OC(=O)CCC(NC(=O)NC(CCCCNc1nc(F)ccc1[N+](=O)[O-])C(=O)OC(C)(C)C)C(=O)OC(C)(C)C. The van der Waals surface area contributed by atoms with Gasteiger partial charge in [-0.25, -0.2) is 14.4 Å². The van der Waals surface area contributed by atoms with Crippen molar-refractivity contribution >= 4 is 35.4 Å². The van der Waals surface area contributed by atoms with E-state index in [-0.39, 0.29) is 37.3 Å². The molecule has 1 rings (SSSR count). The molecule has 0 aliphatic rings. The van der Waals surface area contributed by atoms with Crippen LogP contribution in [-0.2, 0) is 28.6 Å². The molecule has 0 aromatic carbocycles. The fourth-order valence-corrected chi connectivity index (χ4v) is 3.64. The van der Waals surface area contributed by atoms with Gasteiger partial charge in [0, 0.05) is 25.1 Å². The highest BCUT2D eigenvalue weighted by atomic mass is 19.1. The summed E-state index contributed by atoms with van der Waals surface area (Å²) in [6.07, 6.45) is 0.531. The Morgan fingerprint density at radius 1 is 0.841 bits per heavy atom. The maximum absolute atomic E-state index is 13.5. The number of esters is 3. The topological polar surface area (TPSA) is 188 Å². The lowest BCUT2D eigenvalue weighted by molar-refractivity contribution is -0.384. The van der Waals surface area contributed by atoms with Gasteiger partial charge >= 0.3 is 29.6 Å². The summed E-state index contributed by atoms with van der Waals surface area (Å²) >= 11 is 0. The molecular formula is C29H46FN5O9. The summed E-state index contributed by atoms with van der Waals surface area (Å²) in [5.74, 6) is -3.15. The van der Waals surface area contributed by atoms with Crippen LogP contribution in [0.4, 0.5) is 20.7 Å². The van der Waals surface area contributed by atoms with Crippen molar-refractivity contribution in [3.63, 3.8) is 0 Å². The summed E-state index contributed by atoms with van der Waals surface area (Å²) in [4.78, 5) is 65.1. The molecule has 2 amide bonds. The molecule has 1 aromatic rings. The Labute approximate surface area is 257 Å². The van der Waals surface area contributed by atoms with Crippen LogP contribution >= 0.6 is 0 Å². The van der Waals surface area contributed by atoms with Gasteiger partial charge in [-0.2, -0.15) is 9.37 Å². The van der Waals surface area contributed by atoms with E-state index in [0.29, 0.717) is 12.8 Å². The van der Waals surface area contributed by atoms with E-state index < -0.39 is 63.7 Å². The van der Waals surface area contributed by atoms with E-state index in [9.17, 15) is 33.7 Å². The molecule has 0 fully saturated rings. The first-order valence-electron chi connectivity index (χ1n) is 14.4. The number of pyridine rings is 1. The van der Waals surface area contributed by atoms with Gasteiger partial charge in [-0.15, -0.1) is 0 Å². The minimum absolute atomic E-state index is 0.109. The molecule has 1 heterocycles. The predicted octanol–water partition coefficient (Wildman–Crippen LogP) is 4.55. The number of carbonyl (C=O) groups excluding carboxylic acids is 4. The zero-order valence-electron chi connectivity index (χ0n) is 27.0. The highest BCUT2D eigenvalue weighted by Gasteiger charge is 2.31. The lowest BCUT2D eigenvalue weighted by Crippen LogP contribution is -2.53. The zero-order valence-corrected chi connectivity index (χ0v) is 27.0. The highest BCUT2D eigenvalue weighted by molar-refractivity contribution is 5.87. The van der Waals surface area contributed by atoms with Gasteiger partial charge in [-0.3, -0.25) is 14.9 Å². The molecule has 0 bridgehead atoms. The van der Waals surface area contributed by atoms with Gasteiger partial charge in [0.05, 0.1) is 4.92 Å². The number of aromatic nitrogens is 1. The molecule has 2 atom stereocenters. The van der Waals surface area contributed by atoms with Gasteiger partial charge in [0.25, 0.3) is 0 Å². The van der Waals surface area contributed by atoms with Crippen molar-refractivity contribution in [1.29, 1.82) is 0 Å². The number of rotatable bonds is 14. The Hall–Kier alpha value is -4.04. The van der Waals surface area contributed by atoms with Crippen molar-refractivity contribution in [3.8, 4) is 0 Å². The van der Waals surface area contributed by atoms with Gasteiger partial charge in [-0.05, 0) is 88.0 Å². The summed E-state index contributed by atoms with van der Waals surface area (Å²) in [6.45, 7) is 15.3. The maximum Gasteiger partial charge on any atom is 0.329 e. The van der Waals surface area contributed by atoms with Crippen LogP contribution in [0.3, 0.4) is 0 Å². The Morgan fingerprint density at radius 3 is 1.82 bits per heavy atom. The Balaban J connectivity index is 2.93. The van der Waals surface area contributed by atoms with Crippen LogP contribution in [0.25, 0.3) is 0 Å². The second-order valence-corrected chi connectivity index (χ2v) is 13.1. The van der Waals surface area contributed by atoms with Crippen LogP contribution in [-0.4, -0.2) is 69.3 Å². The molecule has 0 saturated carbocycles. The van der Waals surface area contributed by atoms with E-state index in [1.807, 2.05) is 0 Å². The summed E-state index contributed by atoms with van der Waals surface area (Å²) < 4.78 is 29.6. The maximum atomic E-state index is 13.5. The Bertz CT molecular complexity index is 1170. The second-order valence-electron chi connectivity index (χ2n) is 13.1. The first kappa shape index (κ1) is 38.0. The highest BCUT2D eigenvalue weighted by Crippen LogP contribution is 2.22. The van der Waals surface area contributed by atoms with E-state index in [2.05, 4.69) is 20.9 Å². The van der Waals surface area contributed by atoms with Gasteiger partial charge in [-0.1, -0.05) is 0 Å². The number of nitrogens with one attached hydrogen (secondary N) is 3. The van der Waals surface area contributed by atoms with E-state index in [1.165, 1.54) is 0 Å². The molecular weight excluding hydrogens is 581 g/mol. The number of carbonyl (C=O) groups is 4. The fourth-order valence-electron chi connectivity index (χ4n) is 3.64. The molecule has 44 heavy (non-hydrogen) atoms. The average Bonchev–Trinajstić information content (AvgIpc) is 2.82. The third-order valence-electron chi connectivity index (χ3n) is 5.30. The van der Waals surface area contributed by atoms with Crippen LogP contribution in [0.5, 0.6) is 0 Å². The van der Waals surface area contributed by atoms with Crippen molar-refractivity contribution in [2.24, 2.45) is 0 Å². The van der Waals surface area contributed by atoms with E-state index in [4.69, 9.17) is 14.2 Å². The number of unbranched alkanes of at least 4 members (excludes halogenated alkanes) is 1. The fraction of sp³-hybridized carbons (Fsp3) is 0.690. The Kier molecular flexibility index (Phi) is 13.9. The molecule has 0 aliphatic carbocycles. The van der Waals surface area contributed by atoms with Crippen molar-refractivity contribution in [3.05, 3.63) is 28.2 Å². The minimum atomic E-state index is -1.22. The monoisotopic (exact) mass is 627 g/mol. The number of nitrogens with zero attached hydrogens (tertiary/aromatic N) is 2. The third-order valence-corrected chi connectivity index (χ3v) is 5.30. The number of hydrogen-bond donors (Lipinski definition) is 3. The quantitative estimate of drug-likeness (QED) is 0.0655. The molecule has 14 nitrogen and oxygen atoms in total. The first-order valence-corrected chi connectivity index (χ1v) is 14.4. The second kappa shape index (κ2) is 16.1. The lowest BCUT2D eigenvalue weighted by atomic mass is 10.1. The standard InChI is InChI=1S/C29H46FN5O9/c1-27(2,3)42-22(36)16-13-19(25(38)44-29(7,8)9)33-26(39)32-18(24(37)43-28(4,5)6)12-10-11-17-31-23-20(35(40)41)14-15-21(30)34-23/h14-15,18-19H,10-13,16-17H2,1-9H3,(H,31,34)(H2,32,33,39). The zero-order chi connectivity index (χ0) is 33.9. The number of amides is 2. The van der Waals surface area contributed by atoms with Crippen molar-refractivity contribution in [2.45, 2.75) is 123 Å². The van der Waals surface area contributed by atoms with Crippen LogP contribution in [0.15, 0.2) is 12.1 Å². The lowest BCUT2D eigenvalue weighted by Gasteiger charge is -2.27. The molecule has 0 spiro atoms. The van der Waals surface area contributed by atoms with Crippen LogP contribution in [0.1, 0.15) is 94.4 Å². The van der Waals surface area contributed by atoms with Crippen LogP contribution < -0.4 is 16.0 Å². The van der Waals surface area contributed by atoms with Crippen molar-refractivity contribution < 1.29 is 42.7 Å². The Morgan fingerprint density at radius 2 is 1.34 bits per heavy atom. The van der Waals surface area contributed by atoms with Crippen LogP contribution in [0, 0.1) is 16.1 Å². The molecule has 0 radical (unpaired) electrons. The number of anilines is 1. The smallest absolute Gasteiger partial charge is 0.329 e. The van der Waals surface area contributed by atoms with Crippen molar-refractivity contribution in [2.75, 3.05) is 11.9 Å². The number of ether oxygens (including phenoxy) is 3. The molecule has 248 valence electrons. The molecule has 0 saturated heterocycles. The van der Waals surface area contributed by atoms with E-state index in [0.717, 1.165) is 12.1 Å². The minimum Gasteiger partial charge on any atom is -0.460 e. The normalized spacial score (nSPS) is 13.2. The molecule has 1 aromatic heterocycles. The number of hydrogen-bond acceptors (Lipinski definition) is 11. The van der Waals surface area contributed by atoms with Gasteiger partial charge in [0.1, 0.15) is 28.9 Å². The number of nitro groups is 1. The number of urea groups is 1. The van der Waals surface area contributed by atoms with Gasteiger partial charge in [0.2, 0.25) is 11.8 Å². The molecule has 15 heteroatoms. The molecule has 2 unspecified atom stereocenters. The third kappa shape index (κ3) is 16.0. The summed E-state index contributed by atoms with van der Waals surface area (Å²) in [5.41, 5.74) is -2.85. The summed E-state index contributed by atoms with van der Waals surface area (Å²) in [6, 6.07) is -1.32. The van der Waals surface area contributed by atoms with E-state index in [1.54, 1.807) is 62.3 Å². The van der Waals surface area contributed by atoms with E-state index >= 15 is 0 Å². The van der Waals surface area contributed by atoms with Gasteiger partial charge in [0.15, 0.2) is 0 Å². The number of halogens is 1. The van der Waals surface area contributed by atoms with Gasteiger partial charge < -0.3 is 30.2 Å². The molecule has 0 aliphatic heterocycles. The van der Waals surface area contributed by atoms with Crippen LogP contribution in [0.2, 0.25) is 0 Å². The first-order chi connectivity index (χ1) is 20.1.